The smallest absolute Gasteiger partial charge is 0.183 e. The topological polar surface area (TPSA) is 29.5 Å². The van der Waals surface area contributed by atoms with Crippen LogP contribution in [-0.2, 0) is 12.8 Å². The SMILES string of the molecule is COc1ccc2c(c1)CC[C@@]1(CCCCN1CCc1ccccc1F)C2=O. The molecule has 2 aromatic rings. The lowest BCUT2D eigenvalue weighted by molar-refractivity contribution is 0.0297. The predicted molar refractivity (Wildman–Crippen MR) is 104 cm³/mol. The number of Topliss-reactive ketones (excluding diaryl/α,β-unsaturated/α-hetero) is 1. The van der Waals surface area contributed by atoms with E-state index >= 15 is 0 Å². The van der Waals surface area contributed by atoms with Crippen LogP contribution in [0.3, 0.4) is 0 Å². The van der Waals surface area contributed by atoms with Crippen molar-refractivity contribution < 1.29 is 13.9 Å². The minimum Gasteiger partial charge on any atom is -0.497 e. The predicted octanol–water partition coefficient (Wildman–Crippen LogP) is 4.43. The monoisotopic (exact) mass is 367 g/mol. The summed E-state index contributed by atoms with van der Waals surface area (Å²) >= 11 is 0. The number of nitrogens with zero attached hydrogens (tertiary/aromatic N) is 1. The summed E-state index contributed by atoms with van der Waals surface area (Å²) < 4.78 is 19.3. The van der Waals surface area contributed by atoms with Crippen molar-refractivity contribution in [2.75, 3.05) is 20.2 Å². The normalized spacial score (nSPS) is 22.7. The number of aryl methyl sites for hydroxylation is 1. The molecule has 2 aliphatic rings. The van der Waals surface area contributed by atoms with E-state index in [1.54, 1.807) is 13.2 Å². The average Bonchev–Trinajstić information content (AvgIpc) is 2.71. The number of likely N-dealkylation sites (tertiary alicyclic amines) is 1. The second-order valence-corrected chi connectivity index (χ2v) is 7.67. The van der Waals surface area contributed by atoms with E-state index in [9.17, 15) is 9.18 Å². The number of ketones is 1. The van der Waals surface area contributed by atoms with E-state index in [1.165, 1.54) is 6.07 Å². The molecule has 1 atom stereocenters. The molecule has 4 rings (SSSR count). The molecule has 1 heterocycles. The van der Waals surface area contributed by atoms with Crippen LogP contribution in [0.5, 0.6) is 5.75 Å². The number of carbonyl (C=O) groups excluding carboxylic acids is 1. The van der Waals surface area contributed by atoms with Crippen molar-refractivity contribution in [3.63, 3.8) is 0 Å². The molecule has 1 aliphatic carbocycles. The number of hydrogen-bond donors (Lipinski definition) is 0. The van der Waals surface area contributed by atoms with Gasteiger partial charge >= 0.3 is 0 Å². The highest BCUT2D eigenvalue weighted by molar-refractivity contribution is 6.05. The fourth-order valence-electron chi connectivity index (χ4n) is 4.75. The maximum absolute atomic E-state index is 14.0. The number of fused-ring (bicyclic) bond motifs is 1. The van der Waals surface area contributed by atoms with Gasteiger partial charge in [-0.1, -0.05) is 18.2 Å². The quantitative estimate of drug-likeness (QED) is 0.801. The molecule has 1 fully saturated rings. The Morgan fingerprint density at radius 1 is 1.15 bits per heavy atom. The van der Waals surface area contributed by atoms with Crippen LogP contribution < -0.4 is 4.74 Å². The van der Waals surface area contributed by atoms with Crippen molar-refractivity contribution in [1.29, 1.82) is 0 Å². The molecule has 0 aromatic heterocycles. The van der Waals surface area contributed by atoms with Gasteiger partial charge in [0, 0.05) is 12.1 Å². The molecule has 27 heavy (non-hydrogen) atoms. The summed E-state index contributed by atoms with van der Waals surface area (Å²) in [7, 11) is 1.65. The average molecular weight is 367 g/mol. The number of halogens is 1. The molecule has 0 N–H and O–H groups in total. The molecular weight excluding hydrogens is 341 g/mol. The van der Waals surface area contributed by atoms with Crippen LogP contribution in [0.1, 0.15) is 47.2 Å². The van der Waals surface area contributed by atoms with Gasteiger partial charge in [0.15, 0.2) is 5.78 Å². The Hall–Kier alpha value is -2.20. The number of hydrogen-bond acceptors (Lipinski definition) is 3. The van der Waals surface area contributed by atoms with Crippen LogP contribution in [0, 0.1) is 5.82 Å². The van der Waals surface area contributed by atoms with Crippen molar-refractivity contribution in [2.45, 2.75) is 44.1 Å². The van der Waals surface area contributed by atoms with Gasteiger partial charge in [-0.2, -0.15) is 0 Å². The van der Waals surface area contributed by atoms with Gasteiger partial charge in [0.2, 0.25) is 0 Å². The molecule has 4 heteroatoms. The van der Waals surface area contributed by atoms with E-state index in [1.807, 2.05) is 30.3 Å². The van der Waals surface area contributed by atoms with Gasteiger partial charge in [-0.3, -0.25) is 9.69 Å². The lowest BCUT2D eigenvalue weighted by Crippen LogP contribution is -2.59. The molecule has 0 bridgehead atoms. The lowest BCUT2D eigenvalue weighted by atomic mass is 9.71. The van der Waals surface area contributed by atoms with Gasteiger partial charge in [0.1, 0.15) is 11.6 Å². The molecule has 3 nitrogen and oxygen atoms in total. The number of methoxy groups -OCH3 is 1. The fraction of sp³-hybridized carbons (Fsp3) is 0.435. The van der Waals surface area contributed by atoms with Crippen LogP contribution in [0.25, 0.3) is 0 Å². The van der Waals surface area contributed by atoms with E-state index in [-0.39, 0.29) is 11.6 Å². The highest BCUT2D eigenvalue weighted by Gasteiger charge is 2.47. The third-order valence-corrected chi connectivity index (χ3v) is 6.27. The first kappa shape index (κ1) is 18.2. The minimum atomic E-state index is -0.426. The van der Waals surface area contributed by atoms with Gasteiger partial charge in [0.25, 0.3) is 0 Å². The summed E-state index contributed by atoms with van der Waals surface area (Å²) in [5.41, 5.74) is 2.22. The molecule has 1 saturated heterocycles. The first-order chi connectivity index (χ1) is 13.1. The van der Waals surface area contributed by atoms with Crippen molar-refractivity contribution >= 4 is 5.78 Å². The lowest BCUT2D eigenvalue weighted by Gasteiger charge is -2.48. The van der Waals surface area contributed by atoms with Crippen LogP contribution in [-0.4, -0.2) is 36.4 Å². The number of carbonyl (C=O) groups is 1. The Kier molecular flexibility index (Phi) is 5.00. The van der Waals surface area contributed by atoms with Gasteiger partial charge in [-0.05, 0) is 80.5 Å². The van der Waals surface area contributed by atoms with Crippen LogP contribution >= 0.6 is 0 Å². The van der Waals surface area contributed by atoms with E-state index < -0.39 is 5.54 Å². The summed E-state index contributed by atoms with van der Waals surface area (Å²) in [6.45, 7) is 1.63. The maximum Gasteiger partial charge on any atom is 0.183 e. The minimum absolute atomic E-state index is 0.157. The van der Waals surface area contributed by atoms with Gasteiger partial charge in [0.05, 0.1) is 12.6 Å². The Morgan fingerprint density at radius 3 is 2.81 bits per heavy atom. The van der Waals surface area contributed by atoms with Gasteiger partial charge in [-0.15, -0.1) is 0 Å². The fourth-order valence-corrected chi connectivity index (χ4v) is 4.75. The van der Waals surface area contributed by atoms with Crippen molar-refractivity contribution in [3.05, 3.63) is 65.0 Å². The summed E-state index contributed by atoms with van der Waals surface area (Å²) in [6, 6.07) is 12.7. The maximum atomic E-state index is 14.0. The Bertz CT molecular complexity index is 850. The molecule has 0 amide bonds. The second kappa shape index (κ2) is 7.43. The van der Waals surface area contributed by atoms with Crippen LogP contribution in [0.4, 0.5) is 4.39 Å². The van der Waals surface area contributed by atoms with Crippen LogP contribution in [0.2, 0.25) is 0 Å². The highest BCUT2D eigenvalue weighted by atomic mass is 19.1. The summed E-state index contributed by atoms with van der Waals surface area (Å²) in [5.74, 6) is 0.883. The van der Waals surface area contributed by atoms with Crippen molar-refractivity contribution in [1.82, 2.24) is 4.90 Å². The molecule has 1 aliphatic heterocycles. The Balaban J connectivity index is 1.59. The first-order valence-electron chi connectivity index (χ1n) is 9.84. The van der Waals surface area contributed by atoms with Crippen molar-refractivity contribution in [3.8, 4) is 5.75 Å². The number of rotatable bonds is 4. The van der Waals surface area contributed by atoms with Gasteiger partial charge < -0.3 is 4.74 Å². The zero-order valence-corrected chi connectivity index (χ0v) is 15.8. The molecule has 2 aromatic carbocycles. The number of ether oxygens (including phenoxy) is 1. The third kappa shape index (κ3) is 3.27. The van der Waals surface area contributed by atoms with Crippen LogP contribution in [0.15, 0.2) is 42.5 Å². The zero-order valence-electron chi connectivity index (χ0n) is 15.8. The molecule has 0 unspecified atom stereocenters. The standard InChI is InChI=1S/C23H26FNO2/c1-27-19-8-9-20-18(16-19)10-13-23(22(20)26)12-4-5-14-25(23)15-11-17-6-2-3-7-21(17)24/h2-3,6-9,16H,4-5,10-15H2,1H3/t23-/m0/s1. The zero-order chi connectivity index (χ0) is 18.9. The van der Waals surface area contributed by atoms with E-state index in [0.29, 0.717) is 6.42 Å². The van der Waals surface area contributed by atoms with Gasteiger partial charge in [-0.25, -0.2) is 4.39 Å². The molecule has 0 saturated carbocycles. The first-order valence-corrected chi connectivity index (χ1v) is 9.84. The Morgan fingerprint density at radius 2 is 2.00 bits per heavy atom. The molecular formula is C23H26FNO2. The molecule has 142 valence electrons. The molecule has 0 radical (unpaired) electrons. The highest BCUT2D eigenvalue weighted by Crippen LogP contribution is 2.40. The summed E-state index contributed by atoms with van der Waals surface area (Å²) in [4.78, 5) is 15.9. The van der Waals surface area contributed by atoms with Crippen molar-refractivity contribution in [2.24, 2.45) is 0 Å². The third-order valence-electron chi connectivity index (χ3n) is 6.27. The number of benzene rings is 2. The van der Waals surface area contributed by atoms with E-state index in [4.69, 9.17) is 4.74 Å². The summed E-state index contributed by atoms with van der Waals surface area (Å²) in [6.07, 6.45) is 5.43. The largest absolute Gasteiger partial charge is 0.497 e. The number of piperidine rings is 1. The van der Waals surface area contributed by atoms with E-state index in [2.05, 4.69) is 4.90 Å². The van der Waals surface area contributed by atoms with E-state index in [0.717, 1.165) is 67.6 Å². The Labute approximate surface area is 160 Å². The second-order valence-electron chi connectivity index (χ2n) is 7.67. The summed E-state index contributed by atoms with van der Waals surface area (Å²) in [5, 5.41) is 0. The molecule has 1 spiro atoms.